The Balaban J connectivity index is 0.000000720. The molecule has 0 spiro atoms. The van der Waals surface area contributed by atoms with Gasteiger partial charge in [-0.15, -0.1) is 0 Å². The molecule has 0 amide bonds. The van der Waals surface area contributed by atoms with Gasteiger partial charge in [0.15, 0.2) is 0 Å². The first-order chi connectivity index (χ1) is 5.25. The van der Waals surface area contributed by atoms with Crippen LogP contribution in [-0.2, 0) is 0 Å². The van der Waals surface area contributed by atoms with Crippen LogP contribution in [0, 0.1) is 6.92 Å². The Morgan fingerprint density at radius 3 is 2.92 bits per heavy atom. The number of H-pyrrole nitrogens is 1. The Morgan fingerprint density at radius 1 is 1.42 bits per heavy atom. The number of fused-ring (bicyclic) bond motifs is 1. The second kappa shape index (κ2) is 3.15. The topological polar surface area (TPSA) is 28.7 Å². The minimum atomic E-state index is 0. The summed E-state index contributed by atoms with van der Waals surface area (Å²) in [6, 6.07) is 5.61. The maximum absolute atomic E-state index is 5.78. The van der Waals surface area contributed by atoms with Crippen molar-refractivity contribution in [2.75, 3.05) is 0 Å². The molecular weight excluding hydrogens is 172 g/mol. The molecule has 3 heteroatoms. The number of halogens is 1. The van der Waals surface area contributed by atoms with Crippen molar-refractivity contribution in [2.24, 2.45) is 0 Å². The number of nitrogens with zero attached hydrogens (tertiary/aromatic N) is 1. The highest BCUT2D eigenvalue weighted by Gasteiger charge is 1.97. The van der Waals surface area contributed by atoms with Gasteiger partial charge in [0, 0.05) is 5.02 Å². The van der Waals surface area contributed by atoms with Gasteiger partial charge >= 0.3 is 0 Å². The molecule has 0 aliphatic carbocycles. The zero-order valence-electron chi connectivity index (χ0n) is 6.06. The van der Waals surface area contributed by atoms with Crippen molar-refractivity contribution in [2.45, 2.75) is 14.4 Å². The average Bonchev–Trinajstić information content (AvgIpc) is 2.27. The van der Waals surface area contributed by atoms with E-state index in [0.717, 1.165) is 21.9 Å². The minimum Gasteiger partial charge on any atom is -0.342 e. The van der Waals surface area contributed by atoms with Crippen molar-refractivity contribution < 1.29 is 0 Å². The fourth-order valence-electron chi connectivity index (χ4n) is 1.11. The third-order valence-electron chi connectivity index (χ3n) is 1.56. The number of hydrogen-bond donors (Lipinski definition) is 1. The van der Waals surface area contributed by atoms with Crippen molar-refractivity contribution in [3.63, 3.8) is 0 Å². The fraction of sp³-hybridized carbons (Fsp3) is 0.222. The van der Waals surface area contributed by atoms with E-state index in [1.165, 1.54) is 0 Å². The molecule has 0 radical (unpaired) electrons. The summed E-state index contributed by atoms with van der Waals surface area (Å²) in [6.07, 6.45) is 0. The molecule has 1 heterocycles. The molecule has 0 unspecified atom stereocenters. The predicted octanol–water partition coefficient (Wildman–Crippen LogP) is 3.16. The Bertz CT molecular complexity index is 392. The summed E-state index contributed by atoms with van der Waals surface area (Å²) >= 11 is 5.78. The fourth-order valence-corrected chi connectivity index (χ4v) is 1.28. The van der Waals surface area contributed by atoms with E-state index in [0.29, 0.717) is 0 Å². The van der Waals surface area contributed by atoms with Gasteiger partial charge in [0.2, 0.25) is 0 Å². The van der Waals surface area contributed by atoms with E-state index in [-0.39, 0.29) is 7.43 Å². The van der Waals surface area contributed by atoms with E-state index in [1.807, 2.05) is 25.1 Å². The Morgan fingerprint density at radius 2 is 2.17 bits per heavy atom. The Labute approximate surface area is 76.6 Å². The van der Waals surface area contributed by atoms with Crippen molar-refractivity contribution in [3.8, 4) is 0 Å². The SMILES string of the molecule is C.Cc1nc2ccc(Cl)cc2[nH]1. The molecular formula is C9H11ClN2. The van der Waals surface area contributed by atoms with Crippen LogP contribution < -0.4 is 0 Å². The van der Waals surface area contributed by atoms with Gasteiger partial charge in [-0.2, -0.15) is 0 Å². The molecule has 1 aromatic heterocycles. The maximum Gasteiger partial charge on any atom is 0.104 e. The van der Waals surface area contributed by atoms with E-state index >= 15 is 0 Å². The second-order valence-corrected chi connectivity index (χ2v) is 2.92. The summed E-state index contributed by atoms with van der Waals surface area (Å²) in [7, 11) is 0. The summed E-state index contributed by atoms with van der Waals surface area (Å²) in [6.45, 7) is 1.92. The minimum absolute atomic E-state index is 0. The number of hydrogen-bond acceptors (Lipinski definition) is 1. The van der Waals surface area contributed by atoms with Crippen molar-refractivity contribution in [1.82, 2.24) is 9.97 Å². The molecule has 1 aromatic carbocycles. The third-order valence-corrected chi connectivity index (χ3v) is 1.80. The summed E-state index contributed by atoms with van der Waals surface area (Å²) < 4.78 is 0. The molecule has 0 aliphatic heterocycles. The van der Waals surface area contributed by atoms with Gasteiger partial charge in [-0.25, -0.2) is 4.98 Å². The number of benzene rings is 1. The standard InChI is InChI=1S/C8H7ClN2.CH4/c1-5-10-7-3-2-6(9)4-8(7)11-5;/h2-4H,1H3,(H,10,11);1H4. The van der Waals surface area contributed by atoms with Crippen LogP contribution in [0.25, 0.3) is 11.0 Å². The number of rotatable bonds is 0. The van der Waals surface area contributed by atoms with Crippen LogP contribution in [0.2, 0.25) is 5.02 Å². The lowest BCUT2D eigenvalue weighted by Gasteiger charge is -1.87. The van der Waals surface area contributed by atoms with E-state index in [4.69, 9.17) is 11.6 Å². The van der Waals surface area contributed by atoms with Gasteiger partial charge in [0.05, 0.1) is 11.0 Å². The van der Waals surface area contributed by atoms with Crippen molar-refractivity contribution in [1.29, 1.82) is 0 Å². The van der Waals surface area contributed by atoms with Crippen LogP contribution in [0.1, 0.15) is 13.3 Å². The van der Waals surface area contributed by atoms with E-state index in [9.17, 15) is 0 Å². The maximum atomic E-state index is 5.78. The number of aryl methyl sites for hydroxylation is 1. The summed E-state index contributed by atoms with van der Waals surface area (Å²) in [5, 5.41) is 0.737. The largest absolute Gasteiger partial charge is 0.342 e. The van der Waals surface area contributed by atoms with Crippen LogP contribution in [0.15, 0.2) is 18.2 Å². The summed E-state index contributed by atoms with van der Waals surface area (Å²) in [5.74, 6) is 0.919. The van der Waals surface area contributed by atoms with Gasteiger partial charge in [-0.05, 0) is 25.1 Å². The first-order valence-corrected chi connectivity index (χ1v) is 3.75. The Hall–Kier alpha value is -1.02. The first-order valence-electron chi connectivity index (χ1n) is 3.37. The van der Waals surface area contributed by atoms with Gasteiger partial charge < -0.3 is 4.98 Å². The van der Waals surface area contributed by atoms with Gasteiger partial charge in [-0.3, -0.25) is 0 Å². The number of imidazole rings is 1. The molecule has 64 valence electrons. The highest BCUT2D eigenvalue weighted by molar-refractivity contribution is 6.31. The number of aromatic nitrogens is 2. The Kier molecular flexibility index (Phi) is 2.38. The first kappa shape index (κ1) is 9.07. The van der Waals surface area contributed by atoms with Gasteiger partial charge in [0.25, 0.3) is 0 Å². The summed E-state index contributed by atoms with van der Waals surface area (Å²) in [4.78, 5) is 7.34. The molecule has 0 saturated carbocycles. The second-order valence-electron chi connectivity index (χ2n) is 2.48. The van der Waals surface area contributed by atoms with E-state index in [1.54, 1.807) is 0 Å². The normalized spacial score (nSPS) is 9.83. The number of aromatic amines is 1. The number of nitrogens with one attached hydrogen (secondary N) is 1. The monoisotopic (exact) mass is 182 g/mol. The molecule has 0 aliphatic rings. The highest BCUT2D eigenvalue weighted by atomic mass is 35.5. The zero-order valence-corrected chi connectivity index (χ0v) is 6.81. The molecule has 2 rings (SSSR count). The molecule has 0 saturated heterocycles. The molecule has 0 atom stereocenters. The smallest absolute Gasteiger partial charge is 0.104 e. The molecule has 2 aromatic rings. The van der Waals surface area contributed by atoms with Gasteiger partial charge in [0.1, 0.15) is 5.82 Å². The highest BCUT2D eigenvalue weighted by Crippen LogP contribution is 2.16. The van der Waals surface area contributed by atoms with E-state index in [2.05, 4.69) is 9.97 Å². The zero-order chi connectivity index (χ0) is 7.84. The van der Waals surface area contributed by atoms with Crippen molar-refractivity contribution in [3.05, 3.63) is 29.0 Å². The average molecular weight is 183 g/mol. The molecule has 12 heavy (non-hydrogen) atoms. The van der Waals surface area contributed by atoms with Crippen LogP contribution >= 0.6 is 11.6 Å². The lowest BCUT2D eigenvalue weighted by Crippen LogP contribution is -1.68. The molecule has 0 fully saturated rings. The molecule has 2 nitrogen and oxygen atoms in total. The van der Waals surface area contributed by atoms with E-state index < -0.39 is 0 Å². The van der Waals surface area contributed by atoms with Crippen LogP contribution in [-0.4, -0.2) is 9.97 Å². The predicted molar refractivity (Wildman–Crippen MR) is 52.6 cm³/mol. The van der Waals surface area contributed by atoms with Gasteiger partial charge in [-0.1, -0.05) is 19.0 Å². The lowest BCUT2D eigenvalue weighted by atomic mass is 10.3. The lowest BCUT2D eigenvalue weighted by molar-refractivity contribution is 1.17. The van der Waals surface area contributed by atoms with Crippen LogP contribution in [0.5, 0.6) is 0 Å². The van der Waals surface area contributed by atoms with Crippen molar-refractivity contribution >= 4 is 22.6 Å². The molecule has 0 bridgehead atoms. The molecule has 1 N–H and O–H groups in total. The van der Waals surface area contributed by atoms with Crippen LogP contribution in [0.4, 0.5) is 0 Å². The third kappa shape index (κ3) is 1.43. The van der Waals surface area contributed by atoms with Crippen LogP contribution in [0.3, 0.4) is 0 Å². The quantitative estimate of drug-likeness (QED) is 0.666. The summed E-state index contributed by atoms with van der Waals surface area (Å²) in [5.41, 5.74) is 1.96.